The minimum atomic E-state index is -0.455. The zero-order chi connectivity index (χ0) is 22.0. The number of non-ortho nitro benzene ring substituents is 1. The van der Waals surface area contributed by atoms with Crippen molar-refractivity contribution in [2.24, 2.45) is 0 Å². The molecule has 0 aliphatic carbocycles. The van der Waals surface area contributed by atoms with Gasteiger partial charge in [-0.15, -0.1) is 0 Å². The van der Waals surface area contributed by atoms with Gasteiger partial charge in [-0.1, -0.05) is 13.8 Å². The van der Waals surface area contributed by atoms with E-state index in [2.05, 4.69) is 9.97 Å². The summed E-state index contributed by atoms with van der Waals surface area (Å²) in [5, 5.41) is 11.7. The van der Waals surface area contributed by atoms with E-state index in [1.807, 2.05) is 19.9 Å². The zero-order valence-electron chi connectivity index (χ0n) is 17.0. The summed E-state index contributed by atoms with van der Waals surface area (Å²) in [4.78, 5) is 31.2. The van der Waals surface area contributed by atoms with Crippen LogP contribution in [0.3, 0.4) is 0 Å². The average molecular weight is 417 g/mol. The molecule has 0 fully saturated rings. The Kier molecular flexibility index (Phi) is 5.44. The van der Waals surface area contributed by atoms with E-state index < -0.39 is 10.5 Å². The first kappa shape index (κ1) is 20.2. The van der Waals surface area contributed by atoms with Crippen LogP contribution >= 0.6 is 0 Å². The molecule has 0 amide bonds. The SMILES string of the molecule is CCc1cc(Oc2ccc3c(CC)cc(=O)oc3c2)nc(-c2ccc([N+](=O)[O-])cc2)n1. The van der Waals surface area contributed by atoms with Gasteiger partial charge in [0.1, 0.15) is 11.3 Å². The molecule has 0 saturated carbocycles. The summed E-state index contributed by atoms with van der Waals surface area (Å²) >= 11 is 0. The topological polar surface area (TPSA) is 108 Å². The maximum atomic E-state index is 11.8. The second kappa shape index (κ2) is 8.35. The Bertz CT molecular complexity index is 1330. The summed E-state index contributed by atoms with van der Waals surface area (Å²) in [5.41, 5.74) is 2.35. The summed E-state index contributed by atoms with van der Waals surface area (Å²) in [6, 6.07) is 14.6. The van der Waals surface area contributed by atoms with Gasteiger partial charge in [0.05, 0.1) is 4.92 Å². The molecule has 0 spiro atoms. The van der Waals surface area contributed by atoms with Crippen LogP contribution in [0.5, 0.6) is 11.6 Å². The fourth-order valence-electron chi connectivity index (χ4n) is 3.25. The zero-order valence-corrected chi connectivity index (χ0v) is 17.0. The molecular formula is C23H19N3O5. The van der Waals surface area contributed by atoms with Crippen LogP contribution in [0, 0.1) is 10.1 Å². The number of ether oxygens (including phenoxy) is 1. The van der Waals surface area contributed by atoms with Crippen LogP contribution in [-0.2, 0) is 12.8 Å². The third kappa shape index (κ3) is 4.28. The Labute approximate surface area is 177 Å². The van der Waals surface area contributed by atoms with Gasteiger partial charge in [-0.05, 0) is 42.7 Å². The van der Waals surface area contributed by atoms with Crippen LogP contribution in [0.4, 0.5) is 5.69 Å². The number of aromatic nitrogens is 2. The quantitative estimate of drug-likeness (QED) is 0.245. The number of hydrogen-bond donors (Lipinski definition) is 0. The number of rotatable bonds is 6. The molecule has 8 nitrogen and oxygen atoms in total. The smallest absolute Gasteiger partial charge is 0.336 e. The van der Waals surface area contributed by atoms with E-state index in [1.54, 1.807) is 30.3 Å². The molecule has 4 rings (SSSR count). The molecule has 0 aliphatic heterocycles. The number of nitro benzene ring substituents is 1. The lowest BCUT2D eigenvalue weighted by molar-refractivity contribution is -0.384. The first-order valence-electron chi connectivity index (χ1n) is 9.84. The number of nitrogens with zero attached hydrogens (tertiary/aromatic N) is 3. The van der Waals surface area contributed by atoms with Crippen molar-refractivity contribution in [3.8, 4) is 23.0 Å². The Morgan fingerprint density at radius 1 is 1.00 bits per heavy atom. The summed E-state index contributed by atoms with van der Waals surface area (Å²) < 4.78 is 11.3. The first-order chi connectivity index (χ1) is 15.0. The summed E-state index contributed by atoms with van der Waals surface area (Å²) in [7, 11) is 0. The molecule has 2 aromatic heterocycles. The van der Waals surface area contributed by atoms with E-state index in [0.29, 0.717) is 41.4 Å². The van der Waals surface area contributed by atoms with Crippen LogP contribution in [0.2, 0.25) is 0 Å². The third-order valence-corrected chi connectivity index (χ3v) is 4.86. The third-order valence-electron chi connectivity index (χ3n) is 4.86. The highest BCUT2D eigenvalue weighted by atomic mass is 16.6. The van der Waals surface area contributed by atoms with Crippen molar-refractivity contribution in [1.29, 1.82) is 0 Å². The van der Waals surface area contributed by atoms with Crippen LogP contribution in [0.25, 0.3) is 22.4 Å². The van der Waals surface area contributed by atoms with Crippen molar-refractivity contribution in [1.82, 2.24) is 9.97 Å². The van der Waals surface area contributed by atoms with Crippen molar-refractivity contribution >= 4 is 16.7 Å². The fraction of sp³-hybridized carbons (Fsp3) is 0.174. The fourth-order valence-corrected chi connectivity index (χ4v) is 3.25. The molecule has 156 valence electrons. The molecule has 31 heavy (non-hydrogen) atoms. The summed E-state index contributed by atoms with van der Waals surface area (Å²) in [6.07, 6.45) is 1.37. The highest BCUT2D eigenvalue weighted by Crippen LogP contribution is 2.28. The molecule has 0 N–H and O–H groups in total. The van der Waals surface area contributed by atoms with Crippen LogP contribution in [-0.4, -0.2) is 14.9 Å². The van der Waals surface area contributed by atoms with Gasteiger partial charge in [-0.2, -0.15) is 4.98 Å². The second-order valence-electron chi connectivity index (χ2n) is 6.88. The van der Waals surface area contributed by atoms with Crippen molar-refractivity contribution in [3.05, 3.63) is 86.4 Å². The Morgan fingerprint density at radius 3 is 2.45 bits per heavy atom. The first-order valence-corrected chi connectivity index (χ1v) is 9.84. The van der Waals surface area contributed by atoms with Gasteiger partial charge in [0, 0.05) is 47.0 Å². The molecule has 2 aromatic carbocycles. The summed E-state index contributed by atoms with van der Waals surface area (Å²) in [6.45, 7) is 3.94. The Balaban J connectivity index is 1.70. The molecule has 0 aliphatic rings. The van der Waals surface area contributed by atoms with Crippen molar-refractivity contribution < 1.29 is 14.1 Å². The largest absolute Gasteiger partial charge is 0.439 e. The van der Waals surface area contributed by atoms with Gasteiger partial charge in [0.2, 0.25) is 5.88 Å². The number of nitro groups is 1. The van der Waals surface area contributed by atoms with E-state index in [0.717, 1.165) is 16.6 Å². The maximum absolute atomic E-state index is 11.8. The van der Waals surface area contributed by atoms with Crippen molar-refractivity contribution in [2.75, 3.05) is 0 Å². The van der Waals surface area contributed by atoms with E-state index in [9.17, 15) is 14.9 Å². The van der Waals surface area contributed by atoms with Gasteiger partial charge in [0.15, 0.2) is 5.82 Å². The molecule has 0 atom stereocenters. The summed E-state index contributed by atoms with van der Waals surface area (Å²) in [5.74, 6) is 1.21. The number of aryl methyl sites for hydroxylation is 2. The van der Waals surface area contributed by atoms with E-state index in [-0.39, 0.29) is 5.69 Å². The van der Waals surface area contributed by atoms with Gasteiger partial charge < -0.3 is 9.15 Å². The van der Waals surface area contributed by atoms with Crippen LogP contribution in [0.1, 0.15) is 25.1 Å². The van der Waals surface area contributed by atoms with Crippen LogP contribution < -0.4 is 10.4 Å². The highest BCUT2D eigenvalue weighted by Gasteiger charge is 2.12. The number of fused-ring (bicyclic) bond motifs is 1. The van der Waals surface area contributed by atoms with E-state index >= 15 is 0 Å². The van der Waals surface area contributed by atoms with Crippen molar-refractivity contribution in [3.63, 3.8) is 0 Å². The normalized spacial score (nSPS) is 10.9. The predicted molar refractivity (Wildman–Crippen MR) is 115 cm³/mol. The minimum Gasteiger partial charge on any atom is -0.439 e. The molecule has 0 unspecified atom stereocenters. The lowest BCUT2D eigenvalue weighted by atomic mass is 10.1. The lowest BCUT2D eigenvalue weighted by Crippen LogP contribution is -2.00. The number of hydrogen-bond acceptors (Lipinski definition) is 7. The second-order valence-corrected chi connectivity index (χ2v) is 6.88. The monoisotopic (exact) mass is 417 g/mol. The molecule has 0 saturated heterocycles. The Morgan fingerprint density at radius 2 is 1.77 bits per heavy atom. The number of benzene rings is 2. The van der Waals surface area contributed by atoms with Crippen molar-refractivity contribution in [2.45, 2.75) is 26.7 Å². The van der Waals surface area contributed by atoms with Gasteiger partial charge >= 0.3 is 5.63 Å². The van der Waals surface area contributed by atoms with Gasteiger partial charge in [-0.25, -0.2) is 9.78 Å². The van der Waals surface area contributed by atoms with Gasteiger partial charge in [-0.3, -0.25) is 10.1 Å². The van der Waals surface area contributed by atoms with Crippen LogP contribution in [0.15, 0.2) is 63.8 Å². The molecule has 4 aromatic rings. The molecule has 0 radical (unpaired) electrons. The molecular weight excluding hydrogens is 398 g/mol. The average Bonchev–Trinajstić information content (AvgIpc) is 2.78. The maximum Gasteiger partial charge on any atom is 0.336 e. The Hall–Kier alpha value is -4.07. The predicted octanol–water partition coefficient (Wildman–Crippen LogP) is 5.08. The lowest BCUT2D eigenvalue weighted by Gasteiger charge is -2.10. The van der Waals surface area contributed by atoms with E-state index in [1.165, 1.54) is 18.2 Å². The van der Waals surface area contributed by atoms with Gasteiger partial charge in [0.25, 0.3) is 5.69 Å². The highest BCUT2D eigenvalue weighted by molar-refractivity contribution is 5.81. The minimum absolute atomic E-state index is 0.00373. The molecule has 2 heterocycles. The standard InChI is InChI=1S/C23H19N3O5/c1-3-14-11-22(27)31-20-13-18(9-10-19(14)20)30-21-12-16(4-2)24-23(25-21)15-5-7-17(8-6-15)26(28)29/h5-13H,3-4H2,1-2H3. The molecule has 8 heteroatoms. The van der Waals surface area contributed by atoms with E-state index in [4.69, 9.17) is 9.15 Å². The molecule has 0 bridgehead atoms.